The minimum atomic E-state index is -2.43. The summed E-state index contributed by atoms with van der Waals surface area (Å²) in [4.78, 5) is 61.8. The Kier molecular flexibility index (Phi) is 7.11. The molecule has 0 amide bonds. The van der Waals surface area contributed by atoms with Crippen LogP contribution in [0.2, 0.25) is 0 Å². The SMILES string of the molecule is CCC1(O)C(=O)OCc2c1c([N+](=O)[O-])c1n(c2=O)Cc2c-1nc1cccc([N+](=O)[O-])c1c2C=NOCCN1CCOCC1. The number of pyridine rings is 2. The average Bonchev–Trinajstić information content (AvgIpc) is 3.38. The first-order valence-electron chi connectivity index (χ1n) is 13.6. The predicted molar refractivity (Wildman–Crippen MR) is 149 cm³/mol. The number of nitro groups is 2. The van der Waals surface area contributed by atoms with Crippen molar-refractivity contribution in [2.75, 3.05) is 39.5 Å². The van der Waals surface area contributed by atoms with Crippen molar-refractivity contribution in [2.45, 2.75) is 32.1 Å². The molecule has 3 aliphatic rings. The number of esters is 1. The third kappa shape index (κ3) is 4.50. The largest absolute Gasteiger partial charge is 0.458 e. The molecule has 1 aromatic carbocycles. The number of fused-ring (bicyclic) bond motifs is 5. The van der Waals surface area contributed by atoms with Crippen LogP contribution in [0.15, 0.2) is 28.1 Å². The van der Waals surface area contributed by atoms with E-state index < -0.39 is 44.8 Å². The van der Waals surface area contributed by atoms with Crippen molar-refractivity contribution in [1.82, 2.24) is 14.5 Å². The van der Waals surface area contributed by atoms with Gasteiger partial charge in [-0.25, -0.2) is 9.78 Å². The van der Waals surface area contributed by atoms with Crippen LogP contribution in [-0.4, -0.2) is 81.0 Å². The number of nitro benzene ring substituents is 1. The molecule has 0 saturated carbocycles. The number of non-ortho nitro benzene ring substituents is 1. The summed E-state index contributed by atoms with van der Waals surface area (Å²) < 4.78 is 11.5. The van der Waals surface area contributed by atoms with Gasteiger partial charge in [0, 0.05) is 36.8 Å². The van der Waals surface area contributed by atoms with E-state index in [9.17, 15) is 34.9 Å². The third-order valence-electron chi connectivity index (χ3n) is 8.06. The summed E-state index contributed by atoms with van der Waals surface area (Å²) in [6.07, 6.45) is 0.999. The molecular weight excluding hydrogens is 568 g/mol. The summed E-state index contributed by atoms with van der Waals surface area (Å²) in [5.74, 6) is -1.10. The summed E-state index contributed by atoms with van der Waals surface area (Å²) in [6.45, 7) is 4.20. The Morgan fingerprint density at radius 3 is 2.65 bits per heavy atom. The van der Waals surface area contributed by atoms with E-state index in [1.807, 2.05) is 0 Å². The van der Waals surface area contributed by atoms with Gasteiger partial charge < -0.3 is 19.4 Å². The quantitative estimate of drug-likeness (QED) is 0.102. The molecule has 0 aliphatic carbocycles. The normalized spacial score (nSPS) is 19.6. The topological polar surface area (TPSA) is 202 Å². The maximum absolute atomic E-state index is 13.7. The molecular formula is C27H26N6O10. The minimum Gasteiger partial charge on any atom is -0.458 e. The molecule has 1 fully saturated rings. The number of aliphatic hydroxyl groups is 1. The Morgan fingerprint density at radius 1 is 1.19 bits per heavy atom. The summed E-state index contributed by atoms with van der Waals surface area (Å²) in [7, 11) is 0. The fourth-order valence-corrected chi connectivity index (χ4v) is 5.90. The molecule has 0 radical (unpaired) electrons. The number of hydrogen-bond acceptors (Lipinski definition) is 13. The van der Waals surface area contributed by atoms with Gasteiger partial charge in [-0.15, -0.1) is 0 Å². The van der Waals surface area contributed by atoms with Gasteiger partial charge in [0.2, 0.25) is 0 Å². The van der Waals surface area contributed by atoms with Gasteiger partial charge >= 0.3 is 11.7 Å². The highest BCUT2D eigenvalue weighted by Crippen LogP contribution is 2.47. The number of cyclic esters (lactones) is 1. The Morgan fingerprint density at radius 2 is 1.95 bits per heavy atom. The monoisotopic (exact) mass is 594 g/mol. The van der Waals surface area contributed by atoms with E-state index in [0.29, 0.717) is 19.8 Å². The van der Waals surface area contributed by atoms with Gasteiger partial charge in [-0.3, -0.25) is 34.5 Å². The van der Waals surface area contributed by atoms with Crippen LogP contribution < -0.4 is 5.56 Å². The molecule has 1 atom stereocenters. The van der Waals surface area contributed by atoms with Crippen molar-refractivity contribution in [3.05, 3.63) is 71.0 Å². The fourth-order valence-electron chi connectivity index (χ4n) is 5.90. The number of oxime groups is 1. The van der Waals surface area contributed by atoms with E-state index in [1.54, 1.807) is 0 Å². The van der Waals surface area contributed by atoms with Crippen LogP contribution in [0.4, 0.5) is 11.4 Å². The number of carbonyl (C=O) groups is 1. The first-order chi connectivity index (χ1) is 20.7. The van der Waals surface area contributed by atoms with Crippen LogP contribution in [-0.2, 0) is 37.9 Å². The zero-order valence-electron chi connectivity index (χ0n) is 23.0. The highest BCUT2D eigenvalue weighted by molar-refractivity contribution is 6.07. The van der Waals surface area contributed by atoms with Crippen LogP contribution in [0.25, 0.3) is 22.3 Å². The fraction of sp³-hybridized carbons (Fsp3) is 0.407. The van der Waals surface area contributed by atoms with Gasteiger partial charge in [-0.05, 0) is 12.5 Å². The highest BCUT2D eigenvalue weighted by Gasteiger charge is 2.52. The first kappa shape index (κ1) is 28.3. The molecule has 5 heterocycles. The molecule has 0 bridgehead atoms. The van der Waals surface area contributed by atoms with Crippen molar-refractivity contribution in [3.8, 4) is 11.4 Å². The van der Waals surface area contributed by atoms with Gasteiger partial charge in [0.1, 0.15) is 24.6 Å². The number of carbonyl (C=O) groups excluding carboxylic acids is 1. The zero-order valence-corrected chi connectivity index (χ0v) is 23.0. The van der Waals surface area contributed by atoms with Crippen LogP contribution in [0.5, 0.6) is 0 Å². The smallest absolute Gasteiger partial charge is 0.343 e. The lowest BCUT2D eigenvalue weighted by molar-refractivity contribution is -0.386. The lowest BCUT2D eigenvalue weighted by Crippen LogP contribution is -2.45. The van der Waals surface area contributed by atoms with Gasteiger partial charge in [-0.1, -0.05) is 18.1 Å². The first-order valence-corrected chi connectivity index (χ1v) is 13.6. The molecule has 0 spiro atoms. The molecule has 1 N–H and O–H groups in total. The van der Waals surface area contributed by atoms with Gasteiger partial charge in [0.25, 0.3) is 11.2 Å². The van der Waals surface area contributed by atoms with Crippen LogP contribution in [0, 0.1) is 20.2 Å². The Balaban J connectivity index is 1.54. The van der Waals surface area contributed by atoms with Crippen molar-refractivity contribution >= 4 is 34.5 Å². The second kappa shape index (κ2) is 10.8. The molecule has 6 rings (SSSR count). The standard InChI is InChI=1S/C27H26N6O10/c1-2-27(36)21-17(14-42-26(27)35)25(34)31-13-16-15(12-28-43-11-8-30-6-9-41-10-7-30)20-18(4-3-5-19(20)32(37)38)29-22(16)24(31)23(21)33(39)40/h3-5,12,36H,2,6-11,13-14H2,1H3. The van der Waals surface area contributed by atoms with E-state index in [4.69, 9.17) is 14.3 Å². The Labute approximate surface area is 242 Å². The maximum atomic E-state index is 13.7. The number of morpholine rings is 1. The van der Waals surface area contributed by atoms with Gasteiger partial charge in [0.15, 0.2) is 5.60 Å². The zero-order chi connectivity index (χ0) is 30.5. The van der Waals surface area contributed by atoms with Crippen LogP contribution in [0.1, 0.15) is 35.6 Å². The average molecular weight is 595 g/mol. The van der Waals surface area contributed by atoms with E-state index >= 15 is 0 Å². The lowest BCUT2D eigenvalue weighted by Gasteiger charge is -2.31. The molecule has 3 aromatic rings. The summed E-state index contributed by atoms with van der Waals surface area (Å²) in [5, 5.41) is 40.0. The molecule has 3 aliphatic heterocycles. The van der Waals surface area contributed by atoms with Crippen LogP contribution >= 0.6 is 0 Å². The molecule has 16 heteroatoms. The predicted octanol–water partition coefficient (Wildman–Crippen LogP) is 1.58. The molecule has 1 unspecified atom stereocenters. The molecule has 43 heavy (non-hydrogen) atoms. The van der Waals surface area contributed by atoms with Gasteiger partial charge in [-0.2, -0.15) is 0 Å². The maximum Gasteiger partial charge on any atom is 0.343 e. The summed E-state index contributed by atoms with van der Waals surface area (Å²) in [5.41, 5.74) is -4.35. The number of hydrogen-bond donors (Lipinski definition) is 1. The van der Waals surface area contributed by atoms with Crippen molar-refractivity contribution in [2.24, 2.45) is 5.16 Å². The molecule has 1 saturated heterocycles. The second-order valence-electron chi connectivity index (χ2n) is 10.3. The minimum absolute atomic E-state index is 0.00626. The lowest BCUT2D eigenvalue weighted by atomic mass is 9.84. The summed E-state index contributed by atoms with van der Waals surface area (Å²) >= 11 is 0. The molecule has 224 valence electrons. The number of aromatic nitrogens is 2. The van der Waals surface area contributed by atoms with Crippen molar-refractivity contribution in [1.29, 1.82) is 0 Å². The Hall–Kier alpha value is -4.80. The van der Waals surface area contributed by atoms with E-state index in [2.05, 4.69) is 15.0 Å². The molecule has 2 aromatic heterocycles. The number of ether oxygens (including phenoxy) is 2. The third-order valence-corrected chi connectivity index (χ3v) is 8.06. The highest BCUT2D eigenvalue weighted by atomic mass is 16.6. The number of nitrogens with zero attached hydrogens (tertiary/aromatic N) is 6. The Bertz CT molecular complexity index is 1780. The van der Waals surface area contributed by atoms with E-state index in [-0.39, 0.29) is 64.2 Å². The van der Waals surface area contributed by atoms with Crippen molar-refractivity contribution in [3.63, 3.8) is 0 Å². The van der Waals surface area contributed by atoms with E-state index in [1.165, 1.54) is 31.3 Å². The second-order valence-corrected chi connectivity index (χ2v) is 10.3. The number of benzene rings is 1. The van der Waals surface area contributed by atoms with E-state index in [0.717, 1.165) is 17.7 Å². The number of rotatable bonds is 8. The van der Waals surface area contributed by atoms with Gasteiger partial charge in [0.05, 0.1) is 57.8 Å². The van der Waals surface area contributed by atoms with Crippen LogP contribution in [0.3, 0.4) is 0 Å². The molecule has 16 nitrogen and oxygen atoms in total. The van der Waals surface area contributed by atoms with Crippen molar-refractivity contribution < 1.29 is 34.1 Å². The summed E-state index contributed by atoms with van der Waals surface area (Å²) in [6, 6.07) is 4.23.